The topological polar surface area (TPSA) is 81.4 Å². The monoisotopic (exact) mass is 695 g/mol. The maximum absolute atomic E-state index is 13.2. The van der Waals surface area contributed by atoms with Crippen molar-refractivity contribution in [3.05, 3.63) is 89.5 Å². The SMILES string of the molecule is COc1cc2c(cc1OCCCCCN1CCN(C(=S)S)C(CCC(c3ccccc3)c3ccccc3)C1C#N)N=C[C@@H]1CCCN1C2=O. The average Bonchev–Trinajstić information content (AvgIpc) is 3.56. The Morgan fingerprint density at radius 3 is 2.43 bits per heavy atom. The number of hydrogen-bond donors (Lipinski definition) is 1. The molecule has 49 heavy (non-hydrogen) atoms. The fourth-order valence-corrected chi connectivity index (χ4v) is 8.03. The molecule has 0 aliphatic carbocycles. The molecule has 6 rings (SSSR count). The lowest BCUT2D eigenvalue weighted by atomic mass is 9.84. The van der Waals surface area contributed by atoms with Crippen LogP contribution in [0.2, 0.25) is 0 Å². The Morgan fingerprint density at radius 2 is 1.76 bits per heavy atom. The van der Waals surface area contributed by atoms with Crippen LogP contribution in [-0.2, 0) is 0 Å². The third-order valence-electron chi connectivity index (χ3n) is 10.1. The summed E-state index contributed by atoms with van der Waals surface area (Å²) in [5.41, 5.74) is 3.75. The fraction of sp³-hybridized carbons (Fsp3) is 0.436. The Bertz CT molecular complexity index is 1620. The lowest BCUT2D eigenvalue weighted by Crippen LogP contribution is -2.59. The van der Waals surface area contributed by atoms with Gasteiger partial charge in [0.1, 0.15) is 10.4 Å². The van der Waals surface area contributed by atoms with Gasteiger partial charge in [0.15, 0.2) is 11.5 Å². The van der Waals surface area contributed by atoms with Crippen molar-refractivity contribution in [3.63, 3.8) is 0 Å². The maximum atomic E-state index is 13.2. The molecular weight excluding hydrogens is 651 g/mol. The minimum Gasteiger partial charge on any atom is -0.493 e. The number of amides is 1. The Morgan fingerprint density at radius 1 is 1.02 bits per heavy atom. The van der Waals surface area contributed by atoms with Crippen LogP contribution in [0.3, 0.4) is 0 Å². The van der Waals surface area contributed by atoms with Crippen molar-refractivity contribution in [1.82, 2.24) is 14.7 Å². The number of hydrogen-bond acceptors (Lipinski definition) is 7. The van der Waals surface area contributed by atoms with Crippen LogP contribution in [0.5, 0.6) is 11.5 Å². The highest BCUT2D eigenvalue weighted by Gasteiger charge is 2.37. The standard InChI is InChI=1S/C39H45N5O3S2/c1-46-36-24-32-33(41-27-30-16-11-20-43(30)38(32)45)25-37(36)47-23-10-4-9-19-42-21-22-44(39(48)49)34(35(42)26-40)18-17-31(28-12-5-2-6-13-28)29-14-7-3-8-15-29/h2-3,5-8,12-15,24-25,27,30-31,34-35H,4,9-11,16-23H2,1H3,(H,48,49)/t30-,34?,35?/m0/s1. The quantitative estimate of drug-likeness (QED) is 0.115. The summed E-state index contributed by atoms with van der Waals surface area (Å²) < 4.78 is 12.3. The number of thiocarbonyl (C=S) groups is 1. The predicted octanol–water partition coefficient (Wildman–Crippen LogP) is 7.27. The molecule has 3 aromatic rings. The van der Waals surface area contributed by atoms with E-state index in [0.717, 1.165) is 71.1 Å². The van der Waals surface area contributed by atoms with Gasteiger partial charge in [0.05, 0.1) is 43.1 Å². The minimum absolute atomic E-state index is 0.00185. The number of ether oxygens (including phenoxy) is 2. The Hall–Kier alpha value is -3.91. The molecule has 256 valence electrons. The second-order valence-corrected chi connectivity index (χ2v) is 14.1. The summed E-state index contributed by atoms with van der Waals surface area (Å²) in [6, 6.07) is 27.2. The molecule has 0 aromatic heterocycles. The van der Waals surface area contributed by atoms with E-state index >= 15 is 0 Å². The van der Waals surface area contributed by atoms with E-state index < -0.39 is 0 Å². The molecule has 1 amide bonds. The summed E-state index contributed by atoms with van der Waals surface area (Å²) in [6.45, 7) is 3.65. The van der Waals surface area contributed by atoms with E-state index in [1.807, 2.05) is 17.2 Å². The number of nitriles is 1. The van der Waals surface area contributed by atoms with E-state index in [1.165, 1.54) is 11.1 Å². The van der Waals surface area contributed by atoms with E-state index in [1.54, 1.807) is 13.2 Å². The molecule has 8 nitrogen and oxygen atoms in total. The first-order valence-corrected chi connectivity index (χ1v) is 18.3. The number of aliphatic imine (C=N–C) groups is 1. The number of nitrogens with zero attached hydrogens (tertiary/aromatic N) is 5. The van der Waals surface area contributed by atoms with Gasteiger partial charge in [-0.25, -0.2) is 0 Å². The van der Waals surface area contributed by atoms with Gasteiger partial charge in [-0.1, -0.05) is 72.9 Å². The molecule has 2 unspecified atom stereocenters. The second-order valence-electron chi connectivity index (χ2n) is 13.0. The van der Waals surface area contributed by atoms with Crippen molar-refractivity contribution < 1.29 is 14.3 Å². The normalized spacial score (nSPS) is 20.4. The van der Waals surface area contributed by atoms with Crippen molar-refractivity contribution in [2.45, 2.75) is 69.0 Å². The molecule has 2 fully saturated rings. The number of carbonyl (C=O) groups is 1. The molecule has 0 N–H and O–H groups in total. The maximum Gasteiger partial charge on any atom is 0.256 e. The van der Waals surface area contributed by atoms with Gasteiger partial charge in [-0.15, -0.1) is 12.6 Å². The number of piperazine rings is 1. The van der Waals surface area contributed by atoms with Gasteiger partial charge < -0.3 is 19.3 Å². The largest absolute Gasteiger partial charge is 0.493 e. The van der Waals surface area contributed by atoms with Crippen molar-refractivity contribution >= 4 is 47.0 Å². The highest BCUT2D eigenvalue weighted by Crippen LogP contribution is 2.38. The van der Waals surface area contributed by atoms with E-state index in [2.05, 4.69) is 94.2 Å². The Labute approximate surface area is 301 Å². The molecule has 0 spiro atoms. The van der Waals surface area contributed by atoms with Gasteiger partial charge in [-0.05, 0) is 68.7 Å². The number of thiol groups is 1. The number of fused-ring (bicyclic) bond motifs is 2. The van der Waals surface area contributed by atoms with Gasteiger partial charge >= 0.3 is 0 Å². The highest BCUT2D eigenvalue weighted by atomic mass is 32.1. The zero-order valence-electron chi connectivity index (χ0n) is 28.1. The smallest absolute Gasteiger partial charge is 0.256 e. The van der Waals surface area contributed by atoms with Crippen LogP contribution in [-0.4, -0.2) is 89.2 Å². The van der Waals surface area contributed by atoms with E-state index in [-0.39, 0.29) is 30.0 Å². The minimum atomic E-state index is -0.273. The van der Waals surface area contributed by atoms with Gasteiger partial charge in [-0.2, -0.15) is 5.26 Å². The molecule has 3 aliphatic rings. The highest BCUT2D eigenvalue weighted by molar-refractivity contribution is 8.10. The first-order chi connectivity index (χ1) is 24.0. The second kappa shape index (κ2) is 16.7. The number of benzene rings is 3. The fourth-order valence-electron chi connectivity index (χ4n) is 7.55. The molecule has 0 bridgehead atoms. The molecule has 3 aliphatic heterocycles. The van der Waals surface area contributed by atoms with Crippen LogP contribution in [0.25, 0.3) is 0 Å². The summed E-state index contributed by atoms with van der Waals surface area (Å²) in [4.78, 5) is 24.2. The van der Waals surface area contributed by atoms with E-state index in [0.29, 0.717) is 33.7 Å². The molecule has 2 saturated heterocycles. The van der Waals surface area contributed by atoms with Gasteiger partial charge in [0, 0.05) is 37.8 Å². The van der Waals surface area contributed by atoms with Crippen molar-refractivity contribution in [3.8, 4) is 17.6 Å². The molecule has 3 heterocycles. The number of methoxy groups -OCH3 is 1. The number of unbranched alkanes of at least 4 members (excludes halogenated alkanes) is 2. The summed E-state index contributed by atoms with van der Waals surface area (Å²) in [5.74, 6) is 1.38. The van der Waals surface area contributed by atoms with Crippen molar-refractivity contribution in [2.24, 2.45) is 4.99 Å². The molecule has 0 saturated carbocycles. The molecule has 0 radical (unpaired) electrons. The third kappa shape index (κ3) is 8.12. The third-order valence-corrected chi connectivity index (χ3v) is 10.6. The van der Waals surface area contributed by atoms with Crippen molar-refractivity contribution in [2.75, 3.05) is 39.9 Å². The summed E-state index contributed by atoms with van der Waals surface area (Å²) in [7, 11) is 1.60. The van der Waals surface area contributed by atoms with Crippen LogP contribution in [0, 0.1) is 11.3 Å². The molecule has 10 heteroatoms. The van der Waals surface area contributed by atoms with Crippen molar-refractivity contribution in [1.29, 1.82) is 5.26 Å². The average molecular weight is 696 g/mol. The lowest BCUT2D eigenvalue weighted by molar-refractivity contribution is 0.0774. The first kappa shape index (κ1) is 34.9. The zero-order chi connectivity index (χ0) is 34.2. The van der Waals surface area contributed by atoms with E-state index in [9.17, 15) is 10.1 Å². The predicted molar refractivity (Wildman–Crippen MR) is 202 cm³/mol. The Balaban J connectivity index is 1.04. The Kier molecular flexibility index (Phi) is 11.9. The molecule has 3 atom stereocenters. The summed E-state index contributed by atoms with van der Waals surface area (Å²) >= 11 is 10.1. The van der Waals surface area contributed by atoms with Gasteiger partial charge in [0.25, 0.3) is 5.91 Å². The van der Waals surface area contributed by atoms with Gasteiger partial charge in [-0.3, -0.25) is 14.7 Å². The molecule has 3 aromatic carbocycles. The van der Waals surface area contributed by atoms with Crippen LogP contribution in [0.15, 0.2) is 77.8 Å². The summed E-state index contributed by atoms with van der Waals surface area (Å²) in [6.07, 6.45) is 8.33. The molecular formula is C39H45N5O3S2. The van der Waals surface area contributed by atoms with Gasteiger partial charge in [0.2, 0.25) is 0 Å². The van der Waals surface area contributed by atoms with Crippen LogP contribution >= 0.6 is 24.8 Å². The van der Waals surface area contributed by atoms with E-state index in [4.69, 9.17) is 21.7 Å². The first-order valence-electron chi connectivity index (χ1n) is 17.4. The van der Waals surface area contributed by atoms with Crippen LogP contribution in [0.1, 0.15) is 72.3 Å². The zero-order valence-corrected chi connectivity index (χ0v) is 29.8. The number of rotatable bonds is 13. The number of carbonyl (C=O) groups excluding carboxylic acids is 1. The van der Waals surface area contributed by atoms with Crippen LogP contribution < -0.4 is 9.47 Å². The van der Waals surface area contributed by atoms with Crippen LogP contribution in [0.4, 0.5) is 5.69 Å². The lowest BCUT2D eigenvalue weighted by Gasteiger charge is -2.45. The summed E-state index contributed by atoms with van der Waals surface area (Å²) in [5, 5.41) is 10.5.